The Morgan fingerprint density at radius 1 is 1.15 bits per heavy atom. The zero-order chi connectivity index (χ0) is 14.5. The molecule has 0 radical (unpaired) electrons. The molecule has 0 aromatic heterocycles. The lowest BCUT2D eigenvalue weighted by molar-refractivity contribution is 0.414. The average molecular weight is 284 g/mol. The third-order valence-electron chi connectivity index (χ3n) is 3.28. The highest BCUT2D eigenvalue weighted by Gasteiger charge is 2.11. The van der Waals surface area contributed by atoms with Crippen molar-refractivity contribution in [3.05, 3.63) is 65.7 Å². The smallest absolute Gasteiger partial charge is 0.119 e. The van der Waals surface area contributed by atoms with E-state index < -0.39 is 0 Å². The van der Waals surface area contributed by atoms with E-state index in [1.165, 1.54) is 16.0 Å². The number of hydrogen-bond acceptors (Lipinski definition) is 2. The van der Waals surface area contributed by atoms with Crippen molar-refractivity contribution in [2.45, 2.75) is 18.7 Å². The van der Waals surface area contributed by atoms with Crippen LogP contribution in [0.3, 0.4) is 0 Å². The van der Waals surface area contributed by atoms with Crippen LogP contribution in [-0.2, 0) is 0 Å². The highest BCUT2D eigenvalue weighted by atomic mass is 32.2. The molecular weight excluding hydrogens is 264 g/mol. The summed E-state index contributed by atoms with van der Waals surface area (Å²) in [4.78, 5) is 1.25. The number of methoxy groups -OCH3 is 1. The van der Waals surface area contributed by atoms with Crippen molar-refractivity contribution in [3.8, 4) is 5.75 Å². The summed E-state index contributed by atoms with van der Waals surface area (Å²) in [6, 6.07) is 14.6. The van der Waals surface area contributed by atoms with Crippen molar-refractivity contribution in [2.24, 2.45) is 0 Å². The molecule has 20 heavy (non-hydrogen) atoms. The van der Waals surface area contributed by atoms with E-state index in [9.17, 15) is 0 Å². The lowest BCUT2D eigenvalue weighted by Gasteiger charge is -2.15. The summed E-state index contributed by atoms with van der Waals surface area (Å²) in [5.74, 6) is 1.91. The quantitative estimate of drug-likeness (QED) is 0.700. The van der Waals surface area contributed by atoms with Gasteiger partial charge in [0, 0.05) is 4.90 Å². The predicted molar refractivity (Wildman–Crippen MR) is 88.7 cm³/mol. The SMILES string of the molecule is C=C(c1ccccc1C)c1cc(OC)ccc1SCC. The number of thioether (sulfide) groups is 1. The van der Waals surface area contributed by atoms with Gasteiger partial charge in [0.15, 0.2) is 0 Å². The average Bonchev–Trinajstić information content (AvgIpc) is 2.48. The Kier molecular flexibility index (Phi) is 4.91. The van der Waals surface area contributed by atoms with Gasteiger partial charge < -0.3 is 4.74 Å². The number of hydrogen-bond donors (Lipinski definition) is 0. The van der Waals surface area contributed by atoms with Gasteiger partial charge in [-0.3, -0.25) is 0 Å². The van der Waals surface area contributed by atoms with Gasteiger partial charge in [-0.15, -0.1) is 11.8 Å². The molecule has 0 unspecified atom stereocenters. The maximum Gasteiger partial charge on any atom is 0.119 e. The summed E-state index contributed by atoms with van der Waals surface area (Å²) in [5, 5.41) is 0. The van der Waals surface area contributed by atoms with Crippen molar-refractivity contribution in [1.82, 2.24) is 0 Å². The minimum Gasteiger partial charge on any atom is -0.497 e. The molecule has 2 heteroatoms. The van der Waals surface area contributed by atoms with E-state index in [2.05, 4.69) is 56.8 Å². The van der Waals surface area contributed by atoms with Crippen molar-refractivity contribution < 1.29 is 4.74 Å². The van der Waals surface area contributed by atoms with Crippen LogP contribution in [0.4, 0.5) is 0 Å². The van der Waals surface area contributed by atoms with Crippen LogP contribution in [0.5, 0.6) is 5.75 Å². The fraction of sp³-hybridized carbons (Fsp3) is 0.222. The van der Waals surface area contributed by atoms with Crippen LogP contribution in [0, 0.1) is 6.92 Å². The molecule has 0 bridgehead atoms. The monoisotopic (exact) mass is 284 g/mol. The minimum absolute atomic E-state index is 0.871. The first-order valence-corrected chi connectivity index (χ1v) is 7.72. The number of ether oxygens (including phenoxy) is 1. The highest BCUT2D eigenvalue weighted by molar-refractivity contribution is 7.99. The standard InChI is InChI=1S/C18H20OS/c1-5-20-18-11-10-15(19-4)12-17(18)14(3)16-9-7-6-8-13(16)2/h6-12H,3,5H2,1-2,4H3. The summed E-state index contributed by atoms with van der Waals surface area (Å²) in [6.07, 6.45) is 0. The van der Waals surface area contributed by atoms with E-state index in [0.717, 1.165) is 22.6 Å². The van der Waals surface area contributed by atoms with Crippen LogP contribution in [-0.4, -0.2) is 12.9 Å². The predicted octanol–water partition coefficient (Wildman–Crippen LogP) is 5.18. The molecule has 2 aromatic rings. The van der Waals surface area contributed by atoms with Gasteiger partial charge in [-0.2, -0.15) is 0 Å². The first kappa shape index (κ1) is 14.7. The second-order valence-electron chi connectivity index (χ2n) is 4.59. The fourth-order valence-corrected chi connectivity index (χ4v) is 3.02. The molecule has 0 saturated heterocycles. The summed E-state index contributed by atoms with van der Waals surface area (Å²) in [6.45, 7) is 8.59. The van der Waals surface area contributed by atoms with Crippen LogP contribution in [0.1, 0.15) is 23.6 Å². The maximum atomic E-state index is 5.35. The Bertz CT molecular complexity index is 617. The number of benzene rings is 2. The fourth-order valence-electron chi connectivity index (χ4n) is 2.21. The molecule has 1 nitrogen and oxygen atoms in total. The third-order valence-corrected chi connectivity index (χ3v) is 4.24. The first-order chi connectivity index (χ1) is 9.67. The van der Waals surface area contributed by atoms with Gasteiger partial charge in [0.1, 0.15) is 5.75 Å². The van der Waals surface area contributed by atoms with Gasteiger partial charge in [-0.25, -0.2) is 0 Å². The lowest BCUT2D eigenvalue weighted by Crippen LogP contribution is -1.94. The second kappa shape index (κ2) is 6.67. The molecular formula is C18H20OS. The topological polar surface area (TPSA) is 9.23 Å². The Morgan fingerprint density at radius 3 is 2.55 bits per heavy atom. The number of rotatable bonds is 5. The summed E-state index contributed by atoms with van der Waals surface area (Å²) < 4.78 is 5.35. The third kappa shape index (κ3) is 3.07. The Morgan fingerprint density at radius 2 is 1.90 bits per heavy atom. The molecule has 0 fully saturated rings. The summed E-state index contributed by atoms with van der Waals surface area (Å²) >= 11 is 1.83. The molecule has 2 aromatic carbocycles. The molecule has 0 N–H and O–H groups in total. The maximum absolute atomic E-state index is 5.35. The van der Waals surface area contributed by atoms with E-state index in [0.29, 0.717) is 0 Å². The first-order valence-electron chi connectivity index (χ1n) is 6.73. The van der Waals surface area contributed by atoms with Crippen molar-refractivity contribution in [3.63, 3.8) is 0 Å². The normalized spacial score (nSPS) is 10.3. The molecule has 104 valence electrons. The van der Waals surface area contributed by atoms with Gasteiger partial charge in [-0.1, -0.05) is 37.8 Å². The van der Waals surface area contributed by atoms with Gasteiger partial charge in [0.05, 0.1) is 7.11 Å². The van der Waals surface area contributed by atoms with Crippen LogP contribution in [0.2, 0.25) is 0 Å². The van der Waals surface area contributed by atoms with E-state index in [4.69, 9.17) is 4.74 Å². The molecule has 0 amide bonds. The van der Waals surface area contributed by atoms with Gasteiger partial charge in [0.2, 0.25) is 0 Å². The van der Waals surface area contributed by atoms with Crippen molar-refractivity contribution >= 4 is 17.3 Å². The van der Waals surface area contributed by atoms with Gasteiger partial charge in [0.25, 0.3) is 0 Å². The van der Waals surface area contributed by atoms with Crippen LogP contribution in [0.25, 0.3) is 5.57 Å². The molecule has 0 aliphatic carbocycles. The minimum atomic E-state index is 0.871. The largest absolute Gasteiger partial charge is 0.497 e. The van der Waals surface area contributed by atoms with E-state index in [1.54, 1.807) is 7.11 Å². The van der Waals surface area contributed by atoms with Crippen LogP contribution < -0.4 is 4.74 Å². The molecule has 0 saturated carbocycles. The summed E-state index contributed by atoms with van der Waals surface area (Å²) in [7, 11) is 1.70. The zero-order valence-corrected chi connectivity index (χ0v) is 13.1. The summed E-state index contributed by atoms with van der Waals surface area (Å²) in [5.41, 5.74) is 4.65. The van der Waals surface area contributed by atoms with E-state index >= 15 is 0 Å². The number of aryl methyl sites for hydroxylation is 1. The van der Waals surface area contributed by atoms with E-state index in [1.807, 2.05) is 17.8 Å². The molecule has 2 rings (SSSR count). The Labute approximate surface area is 125 Å². The highest BCUT2D eigenvalue weighted by Crippen LogP contribution is 2.34. The zero-order valence-electron chi connectivity index (χ0n) is 12.3. The molecule has 0 atom stereocenters. The van der Waals surface area contributed by atoms with E-state index in [-0.39, 0.29) is 0 Å². The Hall–Kier alpha value is -1.67. The Balaban J connectivity index is 2.49. The molecule has 0 aliphatic rings. The van der Waals surface area contributed by atoms with Gasteiger partial charge in [-0.05, 0) is 53.1 Å². The van der Waals surface area contributed by atoms with Gasteiger partial charge >= 0.3 is 0 Å². The molecule has 0 heterocycles. The van der Waals surface area contributed by atoms with Crippen LogP contribution >= 0.6 is 11.8 Å². The van der Waals surface area contributed by atoms with Crippen molar-refractivity contribution in [1.29, 1.82) is 0 Å². The van der Waals surface area contributed by atoms with Crippen LogP contribution in [0.15, 0.2) is 53.9 Å². The second-order valence-corrected chi connectivity index (χ2v) is 5.89. The molecule has 0 spiro atoms. The molecule has 0 aliphatic heterocycles. The lowest BCUT2D eigenvalue weighted by atomic mass is 9.96. The van der Waals surface area contributed by atoms with Crippen molar-refractivity contribution in [2.75, 3.05) is 12.9 Å².